The van der Waals surface area contributed by atoms with Crippen LogP contribution in [0.15, 0.2) is 36.0 Å². The minimum absolute atomic E-state index is 0.361. The van der Waals surface area contributed by atoms with Gasteiger partial charge in [-0.3, -0.25) is 0 Å². The van der Waals surface area contributed by atoms with Crippen LogP contribution in [-0.2, 0) is 16.2 Å². The van der Waals surface area contributed by atoms with E-state index < -0.39 is 6.16 Å². The normalized spacial score (nSPS) is 14.8. The molecule has 3 aromatic rings. The number of ether oxygens (including phenoxy) is 2. The molecule has 0 bridgehead atoms. The van der Waals surface area contributed by atoms with Gasteiger partial charge in [-0.25, -0.2) is 14.5 Å². The van der Waals surface area contributed by atoms with Gasteiger partial charge in [-0.05, 0) is 54.0 Å². The topological polar surface area (TPSA) is 104 Å². The van der Waals surface area contributed by atoms with Crippen molar-refractivity contribution in [1.29, 1.82) is 0 Å². The number of unbranched alkanes of at least 4 members (excludes halogenated alkanes) is 2. The van der Waals surface area contributed by atoms with Gasteiger partial charge >= 0.3 is 6.16 Å². The SMILES string of the molecule is CCCCCOC(=O)ON1CCC(c2nc(COc3ccc(-n4cnnn4)cc3)cs2)CC1. The Kier molecular flexibility index (Phi) is 8.20. The van der Waals surface area contributed by atoms with Crippen molar-refractivity contribution in [3.8, 4) is 11.4 Å². The van der Waals surface area contributed by atoms with E-state index >= 15 is 0 Å². The van der Waals surface area contributed by atoms with Crippen molar-refractivity contribution in [2.45, 2.75) is 51.6 Å². The predicted molar refractivity (Wildman–Crippen MR) is 121 cm³/mol. The molecular weight excluding hydrogens is 444 g/mol. The lowest BCUT2D eigenvalue weighted by Crippen LogP contribution is -2.35. The van der Waals surface area contributed by atoms with Gasteiger partial charge in [-0.2, -0.15) is 0 Å². The van der Waals surface area contributed by atoms with Gasteiger partial charge in [0.2, 0.25) is 0 Å². The fourth-order valence-corrected chi connectivity index (χ4v) is 4.52. The largest absolute Gasteiger partial charge is 0.527 e. The van der Waals surface area contributed by atoms with E-state index in [1.54, 1.807) is 27.4 Å². The summed E-state index contributed by atoms with van der Waals surface area (Å²) in [7, 11) is 0. The smallest absolute Gasteiger partial charge is 0.487 e. The number of piperidine rings is 1. The molecule has 10 nitrogen and oxygen atoms in total. The molecule has 0 N–H and O–H groups in total. The van der Waals surface area contributed by atoms with Crippen LogP contribution < -0.4 is 4.74 Å². The number of carbonyl (C=O) groups is 1. The molecule has 0 saturated carbocycles. The lowest BCUT2D eigenvalue weighted by Gasteiger charge is -2.28. The minimum atomic E-state index is -0.607. The molecule has 1 aliphatic heterocycles. The molecule has 1 aliphatic rings. The van der Waals surface area contributed by atoms with Crippen molar-refractivity contribution in [1.82, 2.24) is 30.3 Å². The molecule has 4 rings (SSSR count). The van der Waals surface area contributed by atoms with Gasteiger partial charge < -0.3 is 14.3 Å². The third-order valence-electron chi connectivity index (χ3n) is 5.38. The van der Waals surface area contributed by atoms with E-state index in [1.165, 1.54) is 0 Å². The monoisotopic (exact) mass is 472 g/mol. The number of hydrogen-bond donors (Lipinski definition) is 0. The summed E-state index contributed by atoms with van der Waals surface area (Å²) in [6.07, 6.45) is 5.72. The molecule has 3 heterocycles. The van der Waals surface area contributed by atoms with Crippen LogP contribution in [0.2, 0.25) is 0 Å². The van der Waals surface area contributed by atoms with E-state index in [9.17, 15) is 4.79 Å². The number of hydrogen-bond acceptors (Lipinski definition) is 10. The zero-order valence-corrected chi connectivity index (χ0v) is 19.4. The molecule has 0 radical (unpaired) electrons. The van der Waals surface area contributed by atoms with Crippen LogP contribution >= 0.6 is 11.3 Å². The van der Waals surface area contributed by atoms with Gasteiger partial charge in [0.25, 0.3) is 0 Å². The van der Waals surface area contributed by atoms with Crippen LogP contribution in [0.1, 0.15) is 55.6 Å². The molecule has 0 amide bonds. The number of tetrazole rings is 1. The van der Waals surface area contributed by atoms with Gasteiger partial charge in [0.1, 0.15) is 18.7 Å². The van der Waals surface area contributed by atoms with E-state index in [2.05, 4.69) is 22.4 Å². The maximum atomic E-state index is 11.8. The van der Waals surface area contributed by atoms with Gasteiger partial charge in [-0.1, -0.05) is 19.8 Å². The fraction of sp³-hybridized carbons (Fsp3) is 0.500. The number of carbonyl (C=O) groups excluding carboxylic acids is 1. The Morgan fingerprint density at radius 1 is 1.18 bits per heavy atom. The Hall–Kier alpha value is -3.05. The lowest BCUT2D eigenvalue weighted by molar-refractivity contribution is -0.139. The summed E-state index contributed by atoms with van der Waals surface area (Å²) in [6.45, 7) is 4.28. The van der Waals surface area contributed by atoms with Crippen LogP contribution in [0.5, 0.6) is 5.75 Å². The Morgan fingerprint density at radius 2 is 2.00 bits per heavy atom. The summed E-state index contributed by atoms with van der Waals surface area (Å²) in [5.41, 5.74) is 1.78. The Morgan fingerprint density at radius 3 is 2.73 bits per heavy atom. The number of hydroxylamine groups is 2. The van der Waals surface area contributed by atoms with E-state index in [4.69, 9.17) is 19.3 Å². The maximum absolute atomic E-state index is 11.8. The molecule has 176 valence electrons. The fourth-order valence-electron chi connectivity index (χ4n) is 3.54. The van der Waals surface area contributed by atoms with E-state index in [-0.39, 0.29) is 0 Å². The van der Waals surface area contributed by atoms with Crippen molar-refractivity contribution in [2.24, 2.45) is 0 Å². The average molecular weight is 473 g/mol. The van der Waals surface area contributed by atoms with Crippen LogP contribution in [0.4, 0.5) is 4.79 Å². The van der Waals surface area contributed by atoms with E-state index in [1.807, 2.05) is 29.6 Å². The third-order valence-corrected chi connectivity index (χ3v) is 6.44. The molecule has 0 atom stereocenters. The summed E-state index contributed by atoms with van der Waals surface area (Å²) in [5, 5.41) is 16.0. The second-order valence-electron chi connectivity index (χ2n) is 7.81. The number of nitrogens with zero attached hydrogens (tertiary/aromatic N) is 6. The molecule has 1 aromatic carbocycles. The molecule has 1 saturated heterocycles. The second kappa shape index (κ2) is 11.7. The molecule has 1 fully saturated rings. The Bertz CT molecular complexity index is 987. The molecule has 0 unspecified atom stereocenters. The van der Waals surface area contributed by atoms with Crippen LogP contribution in [0, 0.1) is 0 Å². The minimum Gasteiger partial charge on any atom is -0.487 e. The van der Waals surface area contributed by atoms with E-state index in [0.29, 0.717) is 32.2 Å². The van der Waals surface area contributed by atoms with Crippen molar-refractivity contribution < 1.29 is 19.1 Å². The maximum Gasteiger partial charge on any atom is 0.527 e. The van der Waals surface area contributed by atoms with Gasteiger partial charge in [-0.15, -0.1) is 21.5 Å². The summed E-state index contributed by atoms with van der Waals surface area (Å²) >= 11 is 1.66. The first kappa shape index (κ1) is 23.1. The first-order valence-electron chi connectivity index (χ1n) is 11.2. The molecule has 0 aliphatic carbocycles. The highest BCUT2D eigenvalue weighted by atomic mass is 32.1. The third kappa shape index (κ3) is 6.72. The van der Waals surface area contributed by atoms with Crippen molar-refractivity contribution in [3.63, 3.8) is 0 Å². The zero-order valence-electron chi connectivity index (χ0n) is 18.6. The van der Waals surface area contributed by atoms with Gasteiger partial charge in [0, 0.05) is 24.4 Å². The molecule has 2 aromatic heterocycles. The quantitative estimate of drug-likeness (QED) is 0.318. The van der Waals surface area contributed by atoms with Gasteiger partial charge in [0.15, 0.2) is 0 Å². The highest BCUT2D eigenvalue weighted by Crippen LogP contribution is 2.30. The van der Waals surface area contributed by atoms with Crippen LogP contribution in [0.25, 0.3) is 5.69 Å². The van der Waals surface area contributed by atoms with Crippen molar-refractivity contribution in [3.05, 3.63) is 46.7 Å². The first-order valence-corrected chi connectivity index (χ1v) is 12.1. The summed E-state index contributed by atoms with van der Waals surface area (Å²) in [5.74, 6) is 1.12. The Balaban J connectivity index is 1.19. The Labute approximate surface area is 196 Å². The van der Waals surface area contributed by atoms with E-state index in [0.717, 1.165) is 54.2 Å². The number of aromatic nitrogens is 5. The standard InChI is InChI=1S/C22H28N6O4S/c1-2-3-4-13-30-22(29)32-27-11-9-17(10-12-27)21-24-18(15-33-21)14-31-20-7-5-19(6-8-20)28-16-23-25-26-28/h5-8,15-17H,2-4,9-14H2,1H3. The van der Waals surface area contributed by atoms with Crippen LogP contribution in [-0.4, -0.2) is 56.1 Å². The van der Waals surface area contributed by atoms with Crippen molar-refractivity contribution in [2.75, 3.05) is 19.7 Å². The zero-order chi connectivity index (χ0) is 22.9. The predicted octanol–water partition coefficient (Wildman–Crippen LogP) is 4.14. The molecule has 11 heteroatoms. The molecular formula is C22H28N6O4S. The first-order chi connectivity index (χ1) is 16.2. The molecule has 33 heavy (non-hydrogen) atoms. The highest BCUT2D eigenvalue weighted by Gasteiger charge is 2.25. The second-order valence-corrected chi connectivity index (χ2v) is 8.70. The van der Waals surface area contributed by atoms with Gasteiger partial charge in [0.05, 0.1) is 23.0 Å². The van der Waals surface area contributed by atoms with Crippen molar-refractivity contribution >= 4 is 17.5 Å². The summed E-state index contributed by atoms with van der Waals surface area (Å²) in [6, 6.07) is 7.56. The molecule has 0 spiro atoms. The summed E-state index contributed by atoms with van der Waals surface area (Å²) in [4.78, 5) is 21.8. The number of thiazole rings is 1. The highest BCUT2D eigenvalue weighted by molar-refractivity contribution is 7.09. The average Bonchev–Trinajstić information content (AvgIpc) is 3.54. The number of rotatable bonds is 10. The van der Waals surface area contributed by atoms with Crippen LogP contribution in [0.3, 0.4) is 0 Å². The number of benzene rings is 1. The lowest BCUT2D eigenvalue weighted by atomic mass is 9.99. The summed E-state index contributed by atoms with van der Waals surface area (Å²) < 4.78 is 12.6.